The first-order chi connectivity index (χ1) is 11.9. The van der Waals surface area contributed by atoms with E-state index in [4.69, 9.17) is 4.74 Å². The zero-order valence-electron chi connectivity index (χ0n) is 13.7. The summed E-state index contributed by atoms with van der Waals surface area (Å²) in [6, 6.07) is 4.61. The van der Waals surface area contributed by atoms with Crippen molar-refractivity contribution < 1.29 is 23.4 Å². The van der Waals surface area contributed by atoms with E-state index in [1.54, 1.807) is 0 Å². The number of nitrogens with one attached hydrogen (secondary N) is 1. The molecule has 1 atom stereocenters. The molecule has 1 aliphatic carbocycles. The smallest absolute Gasteiger partial charge is 0.241 e. The molecule has 3 rings (SSSR count). The lowest BCUT2D eigenvalue weighted by Gasteiger charge is -2.40. The van der Waals surface area contributed by atoms with E-state index in [-0.39, 0.29) is 24.3 Å². The van der Waals surface area contributed by atoms with Crippen molar-refractivity contribution in [1.82, 2.24) is 5.32 Å². The summed E-state index contributed by atoms with van der Waals surface area (Å²) in [7, 11) is 0. The number of halogens is 2. The Balaban J connectivity index is 1.85. The van der Waals surface area contributed by atoms with Gasteiger partial charge in [0.1, 0.15) is 17.0 Å². The number of nitriles is 1. The first-order valence-corrected chi connectivity index (χ1v) is 8.38. The fourth-order valence-electron chi connectivity index (χ4n) is 3.49. The zero-order valence-corrected chi connectivity index (χ0v) is 13.7. The molecule has 0 aromatic heterocycles. The van der Waals surface area contributed by atoms with Crippen molar-refractivity contribution in [3.05, 3.63) is 35.4 Å². The van der Waals surface area contributed by atoms with Crippen LogP contribution in [-0.4, -0.2) is 30.3 Å². The number of carbonyl (C=O) groups is 1. The standard InChI is InChI=1S/C18H20F2N2O3/c19-12-1-2-14(15(20)9-12)16(11-7-13(23)8-11)22-17(24)18(10-21)3-5-25-6-4-18/h1-2,9,11,13,16,23H,3-8H2,(H,22,24). The highest BCUT2D eigenvalue weighted by Gasteiger charge is 2.44. The van der Waals surface area contributed by atoms with Crippen molar-refractivity contribution in [2.45, 2.75) is 37.8 Å². The van der Waals surface area contributed by atoms with Gasteiger partial charge in [-0.2, -0.15) is 5.26 Å². The number of amides is 1. The van der Waals surface area contributed by atoms with Crippen molar-refractivity contribution in [2.24, 2.45) is 11.3 Å². The van der Waals surface area contributed by atoms with Crippen LogP contribution < -0.4 is 5.32 Å². The summed E-state index contributed by atoms with van der Waals surface area (Å²) in [5.41, 5.74) is -1.03. The Labute approximate surface area is 144 Å². The Bertz CT molecular complexity index is 692. The Morgan fingerprint density at radius 1 is 1.36 bits per heavy atom. The van der Waals surface area contributed by atoms with Gasteiger partial charge in [0.15, 0.2) is 0 Å². The average molecular weight is 350 g/mol. The molecule has 0 radical (unpaired) electrons. The molecule has 1 amide bonds. The van der Waals surface area contributed by atoms with E-state index >= 15 is 0 Å². The molecular formula is C18H20F2N2O3. The summed E-state index contributed by atoms with van der Waals surface area (Å²) in [5.74, 6) is -2.06. The highest BCUT2D eigenvalue weighted by molar-refractivity contribution is 5.86. The lowest BCUT2D eigenvalue weighted by molar-refractivity contribution is -0.134. The van der Waals surface area contributed by atoms with Gasteiger partial charge in [0, 0.05) is 24.8 Å². The van der Waals surface area contributed by atoms with Crippen LogP contribution in [0.15, 0.2) is 18.2 Å². The number of hydrogen-bond acceptors (Lipinski definition) is 4. The van der Waals surface area contributed by atoms with Crippen LogP contribution >= 0.6 is 0 Å². The van der Waals surface area contributed by atoms with Crippen LogP contribution in [0, 0.1) is 34.3 Å². The molecule has 0 spiro atoms. The molecule has 1 heterocycles. The molecular weight excluding hydrogens is 330 g/mol. The van der Waals surface area contributed by atoms with Gasteiger partial charge in [-0.05, 0) is 37.7 Å². The van der Waals surface area contributed by atoms with Crippen LogP contribution in [0.2, 0.25) is 0 Å². The topological polar surface area (TPSA) is 82.4 Å². The van der Waals surface area contributed by atoms with Gasteiger partial charge in [0.05, 0.1) is 18.2 Å². The highest BCUT2D eigenvalue weighted by Crippen LogP contribution is 2.40. The minimum Gasteiger partial charge on any atom is -0.393 e. The van der Waals surface area contributed by atoms with Crippen molar-refractivity contribution >= 4 is 5.91 Å². The highest BCUT2D eigenvalue weighted by atomic mass is 19.1. The first-order valence-electron chi connectivity index (χ1n) is 8.38. The van der Waals surface area contributed by atoms with Crippen molar-refractivity contribution in [2.75, 3.05) is 13.2 Å². The monoisotopic (exact) mass is 350 g/mol. The number of nitrogens with zero attached hydrogens (tertiary/aromatic N) is 1. The van der Waals surface area contributed by atoms with Crippen LogP contribution in [0.25, 0.3) is 0 Å². The summed E-state index contributed by atoms with van der Waals surface area (Å²) >= 11 is 0. The molecule has 0 bridgehead atoms. The lowest BCUT2D eigenvalue weighted by atomic mass is 9.74. The quantitative estimate of drug-likeness (QED) is 0.872. The minimum absolute atomic E-state index is 0.158. The van der Waals surface area contributed by atoms with Gasteiger partial charge in [0.25, 0.3) is 0 Å². The van der Waals surface area contributed by atoms with Crippen LogP contribution in [0.5, 0.6) is 0 Å². The molecule has 25 heavy (non-hydrogen) atoms. The summed E-state index contributed by atoms with van der Waals surface area (Å²) in [6.07, 6.45) is 0.915. The van der Waals surface area contributed by atoms with Crippen LogP contribution in [0.1, 0.15) is 37.3 Å². The van der Waals surface area contributed by atoms with Gasteiger partial charge in [-0.15, -0.1) is 0 Å². The van der Waals surface area contributed by atoms with E-state index in [2.05, 4.69) is 11.4 Å². The van der Waals surface area contributed by atoms with Gasteiger partial charge in [-0.3, -0.25) is 4.79 Å². The van der Waals surface area contributed by atoms with Crippen molar-refractivity contribution in [1.29, 1.82) is 5.26 Å². The van der Waals surface area contributed by atoms with Crippen LogP contribution in [0.4, 0.5) is 8.78 Å². The Morgan fingerprint density at radius 2 is 2.04 bits per heavy atom. The van der Waals surface area contributed by atoms with Gasteiger partial charge in [-0.1, -0.05) is 6.07 Å². The molecule has 2 N–H and O–H groups in total. The lowest BCUT2D eigenvalue weighted by Crippen LogP contribution is -2.48. The molecule has 1 saturated carbocycles. The number of carbonyl (C=O) groups excluding carboxylic acids is 1. The third-order valence-electron chi connectivity index (χ3n) is 5.20. The molecule has 1 saturated heterocycles. The van der Waals surface area contributed by atoms with Crippen LogP contribution in [0.3, 0.4) is 0 Å². The minimum atomic E-state index is -1.20. The molecule has 1 aromatic rings. The molecule has 1 unspecified atom stereocenters. The summed E-state index contributed by atoms with van der Waals surface area (Å²) in [5, 5.41) is 21.9. The molecule has 7 heteroatoms. The summed E-state index contributed by atoms with van der Waals surface area (Å²) in [6.45, 7) is 0.636. The SMILES string of the molecule is N#CC1(C(=O)NC(c2ccc(F)cc2F)C2CC(O)C2)CCOCC1. The molecule has 2 aliphatic rings. The largest absolute Gasteiger partial charge is 0.393 e. The van der Waals surface area contributed by atoms with Gasteiger partial charge < -0.3 is 15.2 Å². The average Bonchev–Trinajstić information content (AvgIpc) is 2.58. The van der Waals surface area contributed by atoms with Crippen LogP contribution in [-0.2, 0) is 9.53 Å². The normalized spacial score (nSPS) is 26.2. The van der Waals surface area contributed by atoms with E-state index in [1.165, 1.54) is 6.07 Å². The molecule has 134 valence electrons. The number of ether oxygens (including phenoxy) is 1. The molecule has 5 nitrogen and oxygen atoms in total. The Hall–Kier alpha value is -2.04. The third-order valence-corrected chi connectivity index (χ3v) is 5.20. The van der Waals surface area contributed by atoms with E-state index < -0.39 is 35.1 Å². The third kappa shape index (κ3) is 3.51. The molecule has 1 aliphatic heterocycles. The second kappa shape index (κ2) is 7.06. The summed E-state index contributed by atoms with van der Waals surface area (Å²) in [4.78, 5) is 12.8. The van der Waals surface area contributed by atoms with E-state index in [1.807, 2.05) is 0 Å². The molecule has 1 aromatic carbocycles. The maximum atomic E-state index is 14.2. The van der Waals surface area contributed by atoms with Crippen molar-refractivity contribution in [3.63, 3.8) is 0 Å². The maximum absolute atomic E-state index is 14.2. The van der Waals surface area contributed by atoms with E-state index in [0.29, 0.717) is 26.1 Å². The second-order valence-corrected chi connectivity index (χ2v) is 6.81. The van der Waals surface area contributed by atoms with E-state index in [9.17, 15) is 23.9 Å². The zero-order chi connectivity index (χ0) is 18.0. The fourth-order valence-corrected chi connectivity index (χ4v) is 3.49. The van der Waals surface area contributed by atoms with Gasteiger partial charge in [-0.25, -0.2) is 8.78 Å². The number of rotatable bonds is 4. The molecule has 2 fully saturated rings. The van der Waals surface area contributed by atoms with Crippen molar-refractivity contribution in [3.8, 4) is 6.07 Å². The van der Waals surface area contributed by atoms with Gasteiger partial charge >= 0.3 is 0 Å². The van der Waals surface area contributed by atoms with E-state index in [0.717, 1.165) is 12.1 Å². The van der Waals surface area contributed by atoms with Gasteiger partial charge in [0.2, 0.25) is 5.91 Å². The Kier molecular flexibility index (Phi) is 5.02. The number of benzene rings is 1. The fraction of sp³-hybridized carbons (Fsp3) is 0.556. The Morgan fingerprint density at radius 3 is 2.60 bits per heavy atom. The second-order valence-electron chi connectivity index (χ2n) is 6.81. The number of aliphatic hydroxyl groups is 1. The number of aliphatic hydroxyl groups excluding tert-OH is 1. The predicted octanol–water partition coefficient (Wildman–Crippen LogP) is 2.21. The predicted molar refractivity (Wildman–Crippen MR) is 84.1 cm³/mol. The maximum Gasteiger partial charge on any atom is 0.241 e. The summed E-state index contributed by atoms with van der Waals surface area (Å²) < 4.78 is 32.7. The first kappa shape index (κ1) is 17.8. The number of hydrogen-bond donors (Lipinski definition) is 2.